The number of hydrogen-bond donors (Lipinski definition) is 3. The quantitative estimate of drug-likeness (QED) is 0.576. The number of anilines is 2. The van der Waals surface area contributed by atoms with Crippen molar-refractivity contribution in [2.24, 2.45) is 5.84 Å². The van der Waals surface area contributed by atoms with Crippen molar-refractivity contribution >= 4 is 21.5 Å². The molecule has 0 bridgehead atoms. The first kappa shape index (κ1) is 14.7. The third-order valence-electron chi connectivity index (χ3n) is 2.54. The number of benzene rings is 1. The highest BCUT2D eigenvalue weighted by Gasteiger charge is 2.20. The van der Waals surface area contributed by atoms with Gasteiger partial charge in [0.2, 0.25) is 0 Å². The standard InChI is InChI=1S/C12H10FN5O2S/c13-9-6-8(7-14)3-4-10(9)18-21(19,20)11-2-1-5-16-12(11)17-15/h1-6,18H,15H2,(H,16,17). The van der Waals surface area contributed by atoms with Crippen LogP contribution in [0.3, 0.4) is 0 Å². The summed E-state index contributed by atoms with van der Waals surface area (Å²) in [6, 6.07) is 7.83. The van der Waals surface area contributed by atoms with Crippen LogP contribution in [-0.4, -0.2) is 13.4 Å². The summed E-state index contributed by atoms with van der Waals surface area (Å²) in [4.78, 5) is 3.54. The SMILES string of the molecule is N#Cc1ccc(NS(=O)(=O)c2cccnc2NN)c(F)c1. The topological polar surface area (TPSA) is 121 Å². The van der Waals surface area contributed by atoms with Crippen LogP contribution in [-0.2, 0) is 10.0 Å². The molecule has 2 aromatic rings. The van der Waals surface area contributed by atoms with E-state index in [9.17, 15) is 12.8 Å². The van der Waals surface area contributed by atoms with Gasteiger partial charge in [0.05, 0.1) is 17.3 Å². The summed E-state index contributed by atoms with van der Waals surface area (Å²) in [5.41, 5.74) is 1.96. The van der Waals surface area contributed by atoms with Gasteiger partial charge < -0.3 is 5.43 Å². The summed E-state index contributed by atoms with van der Waals surface area (Å²) in [5, 5.41) is 8.65. The van der Waals surface area contributed by atoms with Gasteiger partial charge in [0, 0.05) is 6.20 Å². The molecule has 0 spiro atoms. The van der Waals surface area contributed by atoms with Crippen LogP contribution in [0.5, 0.6) is 0 Å². The molecule has 0 amide bonds. The fraction of sp³-hybridized carbons (Fsp3) is 0. The lowest BCUT2D eigenvalue weighted by Crippen LogP contribution is -2.19. The average molecular weight is 307 g/mol. The van der Waals surface area contributed by atoms with Crippen molar-refractivity contribution in [3.63, 3.8) is 0 Å². The largest absolute Gasteiger partial charge is 0.307 e. The fourth-order valence-electron chi connectivity index (χ4n) is 1.58. The molecule has 21 heavy (non-hydrogen) atoms. The molecule has 2 rings (SSSR count). The summed E-state index contributed by atoms with van der Waals surface area (Å²) >= 11 is 0. The molecule has 7 nitrogen and oxygen atoms in total. The van der Waals surface area contributed by atoms with Crippen molar-refractivity contribution in [3.8, 4) is 6.07 Å². The van der Waals surface area contributed by atoms with Crippen molar-refractivity contribution in [2.45, 2.75) is 4.90 Å². The van der Waals surface area contributed by atoms with Crippen LogP contribution < -0.4 is 16.0 Å². The van der Waals surface area contributed by atoms with Crippen LogP contribution >= 0.6 is 0 Å². The van der Waals surface area contributed by atoms with Crippen LogP contribution in [0.2, 0.25) is 0 Å². The molecule has 0 saturated carbocycles. The Morgan fingerprint density at radius 3 is 2.71 bits per heavy atom. The third-order valence-corrected chi connectivity index (χ3v) is 3.94. The Morgan fingerprint density at radius 2 is 2.10 bits per heavy atom. The van der Waals surface area contributed by atoms with Crippen molar-refractivity contribution in [2.75, 3.05) is 10.1 Å². The highest BCUT2D eigenvalue weighted by atomic mass is 32.2. The zero-order valence-electron chi connectivity index (χ0n) is 10.5. The second kappa shape index (κ2) is 5.74. The normalized spacial score (nSPS) is 10.7. The Hall–Kier alpha value is -2.70. The van der Waals surface area contributed by atoms with Gasteiger partial charge in [-0.2, -0.15) is 5.26 Å². The minimum Gasteiger partial charge on any atom is -0.307 e. The number of nitrogen functional groups attached to an aromatic ring is 1. The number of halogens is 1. The number of hydrogen-bond acceptors (Lipinski definition) is 6. The van der Waals surface area contributed by atoms with Gasteiger partial charge in [0.25, 0.3) is 10.0 Å². The molecule has 0 saturated heterocycles. The minimum atomic E-state index is -4.08. The first-order valence-electron chi connectivity index (χ1n) is 5.62. The number of nitrogens with one attached hydrogen (secondary N) is 2. The molecule has 108 valence electrons. The van der Waals surface area contributed by atoms with Crippen molar-refractivity contribution < 1.29 is 12.8 Å². The Morgan fingerprint density at radius 1 is 1.33 bits per heavy atom. The Bertz CT molecular complexity index is 817. The Kier molecular flexibility index (Phi) is 4.02. The van der Waals surface area contributed by atoms with E-state index >= 15 is 0 Å². The summed E-state index contributed by atoms with van der Waals surface area (Å²) in [7, 11) is -4.08. The molecule has 0 aliphatic heterocycles. The van der Waals surface area contributed by atoms with E-state index in [1.807, 2.05) is 0 Å². The van der Waals surface area contributed by atoms with Gasteiger partial charge in [0.15, 0.2) is 5.82 Å². The predicted molar refractivity (Wildman–Crippen MR) is 74.0 cm³/mol. The van der Waals surface area contributed by atoms with Gasteiger partial charge in [-0.25, -0.2) is 23.6 Å². The first-order chi connectivity index (χ1) is 9.97. The van der Waals surface area contributed by atoms with E-state index in [1.54, 1.807) is 6.07 Å². The number of nitrogens with zero attached hydrogens (tertiary/aromatic N) is 2. The molecule has 1 heterocycles. The molecule has 0 aliphatic rings. The number of nitriles is 1. The van der Waals surface area contributed by atoms with E-state index in [0.717, 1.165) is 12.1 Å². The Balaban J connectivity index is 2.41. The maximum absolute atomic E-state index is 13.7. The molecule has 1 aromatic carbocycles. The predicted octanol–water partition coefficient (Wildman–Crippen LogP) is 1.18. The van der Waals surface area contributed by atoms with Gasteiger partial charge in [-0.1, -0.05) is 0 Å². The highest BCUT2D eigenvalue weighted by Crippen LogP contribution is 2.23. The van der Waals surface area contributed by atoms with Gasteiger partial charge in [-0.3, -0.25) is 4.72 Å². The highest BCUT2D eigenvalue weighted by molar-refractivity contribution is 7.92. The fourth-order valence-corrected chi connectivity index (χ4v) is 2.77. The summed E-state index contributed by atoms with van der Waals surface area (Å²) in [6.07, 6.45) is 1.36. The zero-order chi connectivity index (χ0) is 15.5. The molecular formula is C12H10FN5O2S. The Labute approximate surface area is 120 Å². The minimum absolute atomic E-state index is 0.0703. The molecular weight excluding hydrogens is 297 g/mol. The lowest BCUT2D eigenvalue weighted by Gasteiger charge is -2.11. The van der Waals surface area contributed by atoms with Gasteiger partial charge in [-0.15, -0.1) is 0 Å². The molecule has 0 aliphatic carbocycles. The molecule has 0 atom stereocenters. The number of aromatic nitrogens is 1. The van der Waals surface area contributed by atoms with E-state index in [4.69, 9.17) is 11.1 Å². The van der Waals surface area contributed by atoms with Crippen LogP contribution in [0.1, 0.15) is 5.56 Å². The second-order valence-electron chi connectivity index (χ2n) is 3.91. The molecule has 0 fully saturated rings. The summed E-state index contributed by atoms with van der Waals surface area (Å²) < 4.78 is 40.2. The van der Waals surface area contributed by atoms with Crippen LogP contribution in [0.25, 0.3) is 0 Å². The van der Waals surface area contributed by atoms with Crippen LogP contribution in [0.4, 0.5) is 15.9 Å². The number of sulfonamides is 1. The third kappa shape index (κ3) is 3.07. The van der Waals surface area contributed by atoms with E-state index in [1.165, 1.54) is 24.4 Å². The summed E-state index contributed by atoms with van der Waals surface area (Å²) in [5.74, 6) is 4.27. The van der Waals surface area contributed by atoms with E-state index in [2.05, 4.69) is 15.1 Å². The number of nitrogens with two attached hydrogens (primary N) is 1. The van der Waals surface area contributed by atoms with Gasteiger partial charge in [0.1, 0.15) is 10.7 Å². The van der Waals surface area contributed by atoms with Crippen molar-refractivity contribution in [1.82, 2.24) is 4.98 Å². The smallest absolute Gasteiger partial charge is 0.265 e. The van der Waals surface area contributed by atoms with Crippen molar-refractivity contribution in [1.29, 1.82) is 5.26 Å². The zero-order valence-corrected chi connectivity index (χ0v) is 11.4. The van der Waals surface area contributed by atoms with E-state index in [0.29, 0.717) is 0 Å². The lowest BCUT2D eigenvalue weighted by atomic mass is 10.2. The lowest BCUT2D eigenvalue weighted by molar-refractivity contribution is 0.598. The molecule has 4 N–H and O–H groups in total. The number of pyridine rings is 1. The van der Waals surface area contributed by atoms with Gasteiger partial charge >= 0.3 is 0 Å². The van der Waals surface area contributed by atoms with Crippen LogP contribution in [0, 0.1) is 17.1 Å². The maximum Gasteiger partial charge on any atom is 0.265 e. The molecule has 1 aromatic heterocycles. The molecule has 0 radical (unpaired) electrons. The average Bonchev–Trinajstić information content (AvgIpc) is 2.49. The maximum atomic E-state index is 13.7. The van der Waals surface area contributed by atoms with E-state index < -0.39 is 15.8 Å². The molecule has 0 unspecified atom stereocenters. The number of hydrazine groups is 1. The second-order valence-corrected chi connectivity index (χ2v) is 5.56. The van der Waals surface area contributed by atoms with E-state index in [-0.39, 0.29) is 22.0 Å². The number of rotatable bonds is 4. The van der Waals surface area contributed by atoms with Gasteiger partial charge in [-0.05, 0) is 30.3 Å². The first-order valence-corrected chi connectivity index (χ1v) is 7.10. The summed E-state index contributed by atoms with van der Waals surface area (Å²) in [6.45, 7) is 0. The molecule has 9 heteroatoms. The van der Waals surface area contributed by atoms with Crippen molar-refractivity contribution in [3.05, 3.63) is 47.9 Å². The van der Waals surface area contributed by atoms with Crippen LogP contribution in [0.15, 0.2) is 41.4 Å². The monoisotopic (exact) mass is 307 g/mol.